The van der Waals surface area contributed by atoms with Gasteiger partial charge in [-0.15, -0.1) is 0 Å². The quantitative estimate of drug-likeness (QED) is 0.834. The zero-order chi connectivity index (χ0) is 11.7. The fourth-order valence-electron chi connectivity index (χ4n) is 2.00. The topological polar surface area (TPSA) is 43.8 Å². The molecule has 1 aromatic heterocycles. The number of rotatable bonds is 2. The molecule has 2 aromatic rings. The van der Waals surface area contributed by atoms with Crippen molar-refractivity contribution in [3.63, 3.8) is 0 Å². The second-order valence-corrected chi connectivity index (χ2v) is 4.03. The van der Waals surface area contributed by atoms with Gasteiger partial charge in [-0.05, 0) is 19.4 Å². The van der Waals surface area contributed by atoms with Crippen molar-refractivity contribution in [2.75, 3.05) is 0 Å². The predicted octanol–water partition coefficient (Wildman–Crippen LogP) is 2.16. The molecule has 3 heteroatoms. The van der Waals surface area contributed by atoms with E-state index in [1.807, 2.05) is 26.1 Å². The Kier molecular flexibility index (Phi) is 2.79. The van der Waals surface area contributed by atoms with Crippen molar-refractivity contribution < 1.29 is 0 Å². The number of hydrogen-bond donors (Lipinski definition) is 1. The number of nitrogens with zero attached hydrogens (tertiary/aromatic N) is 2. The smallest absolute Gasteiger partial charge is 0.106 e. The summed E-state index contributed by atoms with van der Waals surface area (Å²) in [4.78, 5) is 4.48. The summed E-state index contributed by atoms with van der Waals surface area (Å²) in [5, 5.41) is 0. The van der Waals surface area contributed by atoms with E-state index in [9.17, 15) is 0 Å². The summed E-state index contributed by atoms with van der Waals surface area (Å²) in [6.45, 7) is 4.59. The highest BCUT2D eigenvalue weighted by Crippen LogP contribution is 2.26. The number of nitrogens with two attached hydrogens (primary N) is 1. The molecular weight excluding hydrogens is 198 g/mol. The second kappa shape index (κ2) is 4.10. The maximum Gasteiger partial charge on any atom is 0.106 e. The van der Waals surface area contributed by atoms with Crippen molar-refractivity contribution >= 4 is 0 Å². The van der Waals surface area contributed by atoms with Crippen LogP contribution < -0.4 is 5.73 Å². The molecule has 0 aliphatic carbocycles. The standard InChI is InChI=1S/C13H17N3/c1-9-6-4-5-7-11(9)13-12(8-14)15-10(2)16(13)3/h4-7H,8,14H2,1-3H3. The fourth-order valence-corrected chi connectivity index (χ4v) is 2.00. The number of imidazole rings is 1. The van der Waals surface area contributed by atoms with Gasteiger partial charge in [0.15, 0.2) is 0 Å². The molecule has 2 N–H and O–H groups in total. The first-order chi connectivity index (χ1) is 7.65. The summed E-state index contributed by atoms with van der Waals surface area (Å²) in [6, 6.07) is 8.32. The van der Waals surface area contributed by atoms with Crippen LogP contribution in [0, 0.1) is 13.8 Å². The van der Waals surface area contributed by atoms with E-state index < -0.39 is 0 Å². The minimum absolute atomic E-state index is 0.478. The zero-order valence-electron chi connectivity index (χ0n) is 9.99. The van der Waals surface area contributed by atoms with E-state index in [0.29, 0.717) is 6.54 Å². The molecule has 0 aliphatic heterocycles. The third kappa shape index (κ3) is 1.63. The molecule has 84 valence electrons. The largest absolute Gasteiger partial charge is 0.331 e. The zero-order valence-corrected chi connectivity index (χ0v) is 9.99. The number of hydrogen-bond acceptors (Lipinski definition) is 2. The lowest BCUT2D eigenvalue weighted by Gasteiger charge is -2.08. The molecule has 16 heavy (non-hydrogen) atoms. The second-order valence-electron chi connectivity index (χ2n) is 4.03. The molecule has 0 saturated heterocycles. The molecule has 0 atom stereocenters. The predicted molar refractivity (Wildman–Crippen MR) is 66.0 cm³/mol. The Morgan fingerprint density at radius 2 is 1.94 bits per heavy atom. The van der Waals surface area contributed by atoms with Crippen LogP contribution in [-0.2, 0) is 13.6 Å². The molecule has 0 saturated carbocycles. The van der Waals surface area contributed by atoms with Crippen molar-refractivity contribution in [3.05, 3.63) is 41.3 Å². The average Bonchev–Trinajstić information content (AvgIpc) is 2.56. The monoisotopic (exact) mass is 215 g/mol. The minimum atomic E-state index is 0.478. The van der Waals surface area contributed by atoms with Crippen LogP contribution >= 0.6 is 0 Å². The van der Waals surface area contributed by atoms with Crippen LogP contribution in [0.1, 0.15) is 17.1 Å². The Morgan fingerprint density at radius 1 is 1.25 bits per heavy atom. The molecule has 0 amide bonds. The first-order valence-corrected chi connectivity index (χ1v) is 5.43. The van der Waals surface area contributed by atoms with Crippen molar-refractivity contribution in [3.8, 4) is 11.3 Å². The third-order valence-corrected chi connectivity index (χ3v) is 2.98. The Hall–Kier alpha value is -1.61. The molecule has 0 aliphatic rings. The van der Waals surface area contributed by atoms with E-state index >= 15 is 0 Å². The van der Waals surface area contributed by atoms with E-state index in [4.69, 9.17) is 5.73 Å². The van der Waals surface area contributed by atoms with Gasteiger partial charge in [0.25, 0.3) is 0 Å². The van der Waals surface area contributed by atoms with E-state index in [-0.39, 0.29) is 0 Å². The lowest BCUT2D eigenvalue weighted by atomic mass is 10.0. The Labute approximate surface area is 95.9 Å². The van der Waals surface area contributed by atoms with Gasteiger partial charge in [0, 0.05) is 19.2 Å². The average molecular weight is 215 g/mol. The molecule has 0 bridgehead atoms. The van der Waals surface area contributed by atoms with E-state index in [2.05, 4.69) is 28.6 Å². The summed E-state index contributed by atoms with van der Waals surface area (Å²) in [5.41, 5.74) is 10.3. The molecule has 2 rings (SSSR count). The summed E-state index contributed by atoms with van der Waals surface area (Å²) in [6.07, 6.45) is 0. The summed E-state index contributed by atoms with van der Waals surface area (Å²) < 4.78 is 2.10. The van der Waals surface area contributed by atoms with Gasteiger partial charge in [0.05, 0.1) is 11.4 Å². The summed E-state index contributed by atoms with van der Waals surface area (Å²) in [5.74, 6) is 0.999. The minimum Gasteiger partial charge on any atom is -0.331 e. The van der Waals surface area contributed by atoms with Gasteiger partial charge in [-0.25, -0.2) is 4.98 Å². The molecule has 3 nitrogen and oxygen atoms in total. The first-order valence-electron chi connectivity index (χ1n) is 5.43. The lowest BCUT2D eigenvalue weighted by molar-refractivity contribution is 0.864. The van der Waals surface area contributed by atoms with Crippen LogP contribution in [0.25, 0.3) is 11.3 Å². The normalized spacial score (nSPS) is 10.8. The van der Waals surface area contributed by atoms with Crippen LogP contribution in [0.4, 0.5) is 0 Å². The van der Waals surface area contributed by atoms with Crippen molar-refractivity contribution in [1.82, 2.24) is 9.55 Å². The summed E-state index contributed by atoms with van der Waals surface area (Å²) in [7, 11) is 2.03. The Bertz CT molecular complexity index is 512. The number of aromatic nitrogens is 2. The van der Waals surface area contributed by atoms with Gasteiger partial charge in [0.2, 0.25) is 0 Å². The highest BCUT2D eigenvalue weighted by Gasteiger charge is 2.13. The maximum absolute atomic E-state index is 5.74. The van der Waals surface area contributed by atoms with Crippen molar-refractivity contribution in [1.29, 1.82) is 0 Å². The lowest BCUT2D eigenvalue weighted by Crippen LogP contribution is -2.01. The van der Waals surface area contributed by atoms with Gasteiger partial charge in [-0.1, -0.05) is 24.3 Å². The number of aryl methyl sites for hydroxylation is 2. The van der Waals surface area contributed by atoms with Crippen LogP contribution in [0.5, 0.6) is 0 Å². The van der Waals surface area contributed by atoms with Gasteiger partial charge < -0.3 is 10.3 Å². The van der Waals surface area contributed by atoms with Crippen LogP contribution in [0.15, 0.2) is 24.3 Å². The van der Waals surface area contributed by atoms with E-state index in [1.165, 1.54) is 11.1 Å². The van der Waals surface area contributed by atoms with Crippen molar-refractivity contribution in [2.45, 2.75) is 20.4 Å². The Morgan fingerprint density at radius 3 is 2.56 bits per heavy atom. The SMILES string of the molecule is Cc1ccccc1-c1c(CN)nc(C)n1C. The highest BCUT2D eigenvalue weighted by molar-refractivity contribution is 5.66. The molecule has 1 aromatic carbocycles. The molecule has 0 fully saturated rings. The van der Waals surface area contributed by atoms with Gasteiger partial charge >= 0.3 is 0 Å². The van der Waals surface area contributed by atoms with E-state index in [1.54, 1.807) is 0 Å². The van der Waals surface area contributed by atoms with Gasteiger partial charge in [-0.3, -0.25) is 0 Å². The van der Waals surface area contributed by atoms with Gasteiger partial charge in [0.1, 0.15) is 5.82 Å². The molecule has 0 spiro atoms. The highest BCUT2D eigenvalue weighted by atomic mass is 15.1. The Balaban J connectivity index is 2.68. The first kappa shape index (κ1) is 10.9. The molecule has 1 heterocycles. The third-order valence-electron chi connectivity index (χ3n) is 2.98. The maximum atomic E-state index is 5.74. The molecule has 0 unspecified atom stereocenters. The van der Waals surface area contributed by atoms with Crippen LogP contribution in [0.3, 0.4) is 0 Å². The number of benzene rings is 1. The van der Waals surface area contributed by atoms with Gasteiger partial charge in [-0.2, -0.15) is 0 Å². The van der Waals surface area contributed by atoms with Crippen LogP contribution in [-0.4, -0.2) is 9.55 Å². The summed E-state index contributed by atoms with van der Waals surface area (Å²) >= 11 is 0. The van der Waals surface area contributed by atoms with Crippen LogP contribution in [0.2, 0.25) is 0 Å². The van der Waals surface area contributed by atoms with Crippen molar-refractivity contribution in [2.24, 2.45) is 12.8 Å². The molecule has 0 radical (unpaired) electrons. The fraction of sp³-hybridized carbons (Fsp3) is 0.308. The van der Waals surface area contributed by atoms with E-state index in [0.717, 1.165) is 17.2 Å². The molecular formula is C13H17N3.